The summed E-state index contributed by atoms with van der Waals surface area (Å²) in [6, 6.07) is 3.76. The summed E-state index contributed by atoms with van der Waals surface area (Å²) in [4.78, 5) is 22.4. The highest BCUT2D eigenvalue weighted by Gasteiger charge is 2.37. The summed E-state index contributed by atoms with van der Waals surface area (Å²) in [6.45, 7) is 15.7. The molecule has 2 rings (SSSR count). The second-order valence-electron chi connectivity index (χ2n) is 9.11. The Morgan fingerprint density at radius 3 is 2.71 bits per heavy atom. The fourth-order valence-corrected chi connectivity index (χ4v) is 3.93. The third kappa shape index (κ3) is 6.47. The van der Waals surface area contributed by atoms with E-state index in [0.29, 0.717) is 17.3 Å². The molecule has 0 radical (unpaired) electrons. The Labute approximate surface area is 171 Å². The van der Waals surface area contributed by atoms with Crippen LogP contribution in [0.2, 0.25) is 0 Å². The van der Waals surface area contributed by atoms with E-state index in [9.17, 15) is 4.79 Å². The molecule has 2 heterocycles. The molecule has 1 fully saturated rings. The molecule has 0 aromatic carbocycles. The molecule has 1 saturated heterocycles. The van der Waals surface area contributed by atoms with Gasteiger partial charge in [0.2, 0.25) is 0 Å². The maximum atomic E-state index is 13.4. The van der Waals surface area contributed by atoms with Crippen LogP contribution in [0.25, 0.3) is 0 Å². The molecule has 1 aromatic rings. The Morgan fingerprint density at radius 1 is 1.25 bits per heavy atom. The van der Waals surface area contributed by atoms with Crippen LogP contribution in [-0.2, 0) is 0 Å². The Balaban J connectivity index is 2.00. The molecule has 1 aliphatic heterocycles. The molecule has 0 unspecified atom stereocenters. The van der Waals surface area contributed by atoms with E-state index in [-0.39, 0.29) is 11.4 Å². The number of rotatable bonds is 10. The summed E-state index contributed by atoms with van der Waals surface area (Å²) in [7, 11) is 0. The largest absolute Gasteiger partial charge is 0.369 e. The van der Waals surface area contributed by atoms with E-state index >= 15 is 0 Å². The molecule has 5 nitrogen and oxygen atoms in total. The van der Waals surface area contributed by atoms with Crippen molar-refractivity contribution in [2.75, 3.05) is 38.0 Å². The normalized spacial score (nSPS) is 17.1. The lowest BCUT2D eigenvalue weighted by Crippen LogP contribution is -2.61. The van der Waals surface area contributed by atoms with Crippen LogP contribution in [0.4, 0.5) is 5.82 Å². The zero-order valence-electron chi connectivity index (χ0n) is 18.6. The highest BCUT2D eigenvalue weighted by Crippen LogP contribution is 2.25. The molecule has 0 atom stereocenters. The lowest BCUT2D eigenvalue weighted by Gasteiger charge is -2.47. The second kappa shape index (κ2) is 10.8. The van der Waals surface area contributed by atoms with Gasteiger partial charge < -0.3 is 10.2 Å². The second-order valence-corrected chi connectivity index (χ2v) is 9.11. The molecule has 0 saturated carbocycles. The molecule has 1 aromatic heterocycles. The summed E-state index contributed by atoms with van der Waals surface area (Å²) < 4.78 is 0. The maximum absolute atomic E-state index is 13.4. The van der Waals surface area contributed by atoms with Gasteiger partial charge in [-0.3, -0.25) is 9.69 Å². The van der Waals surface area contributed by atoms with E-state index in [0.717, 1.165) is 39.1 Å². The van der Waals surface area contributed by atoms with E-state index in [1.54, 1.807) is 6.20 Å². The van der Waals surface area contributed by atoms with Gasteiger partial charge in [0.05, 0.1) is 11.1 Å². The van der Waals surface area contributed by atoms with Crippen molar-refractivity contribution >= 4 is 11.7 Å². The Morgan fingerprint density at radius 2 is 2.04 bits per heavy atom. The van der Waals surface area contributed by atoms with Gasteiger partial charge in [0, 0.05) is 32.4 Å². The van der Waals surface area contributed by atoms with Gasteiger partial charge in [-0.15, -0.1) is 0 Å². The minimum atomic E-state index is -0.175. The monoisotopic (exact) mass is 388 g/mol. The van der Waals surface area contributed by atoms with Crippen molar-refractivity contribution in [3.05, 3.63) is 23.9 Å². The quantitative estimate of drug-likeness (QED) is 0.593. The molecule has 0 bridgehead atoms. The van der Waals surface area contributed by atoms with Crippen LogP contribution in [-0.4, -0.2) is 59.0 Å². The van der Waals surface area contributed by atoms with Crippen molar-refractivity contribution in [3.8, 4) is 0 Å². The SMILES string of the molecule is CCCCCCN1CCN(C(=O)c2cccnc2NCCC(C)C)C(C)(C)C1. The zero-order chi connectivity index (χ0) is 20.6. The number of hydrogen-bond acceptors (Lipinski definition) is 4. The van der Waals surface area contributed by atoms with Gasteiger partial charge in [-0.2, -0.15) is 0 Å². The fraction of sp³-hybridized carbons (Fsp3) is 0.739. The number of carbonyl (C=O) groups is 1. The Kier molecular flexibility index (Phi) is 8.74. The summed E-state index contributed by atoms with van der Waals surface area (Å²) in [5.41, 5.74) is 0.515. The standard InChI is InChI=1S/C23H40N4O/c1-6-7-8-9-15-26-16-17-27(23(4,5)18-26)22(28)20-11-10-13-24-21(20)25-14-12-19(2)3/h10-11,13,19H,6-9,12,14-18H2,1-5H3,(H,24,25). The smallest absolute Gasteiger partial charge is 0.258 e. The van der Waals surface area contributed by atoms with E-state index in [2.05, 4.69) is 49.8 Å². The fourth-order valence-electron chi connectivity index (χ4n) is 3.93. The minimum Gasteiger partial charge on any atom is -0.369 e. The van der Waals surface area contributed by atoms with Gasteiger partial charge in [0.15, 0.2) is 0 Å². The predicted octanol–water partition coefficient (Wildman–Crippen LogP) is 4.66. The number of carbonyl (C=O) groups excluding carboxylic acids is 1. The number of aromatic nitrogens is 1. The molecule has 1 amide bonds. The number of piperazine rings is 1. The van der Waals surface area contributed by atoms with Crippen molar-refractivity contribution in [2.45, 2.75) is 72.3 Å². The first-order chi connectivity index (χ1) is 13.3. The highest BCUT2D eigenvalue weighted by atomic mass is 16.2. The average Bonchev–Trinajstić information content (AvgIpc) is 2.64. The molecule has 0 aliphatic carbocycles. The van der Waals surface area contributed by atoms with Crippen LogP contribution in [0.15, 0.2) is 18.3 Å². The molecule has 1 N–H and O–H groups in total. The van der Waals surface area contributed by atoms with Gasteiger partial charge in [0.1, 0.15) is 5.82 Å². The third-order valence-electron chi connectivity index (χ3n) is 5.61. The van der Waals surface area contributed by atoms with Gasteiger partial charge in [-0.05, 0) is 51.3 Å². The van der Waals surface area contributed by atoms with Crippen molar-refractivity contribution in [1.82, 2.24) is 14.8 Å². The number of nitrogens with one attached hydrogen (secondary N) is 1. The molecule has 28 heavy (non-hydrogen) atoms. The molecule has 0 spiro atoms. The first-order valence-electron chi connectivity index (χ1n) is 11.1. The van der Waals surface area contributed by atoms with Crippen molar-refractivity contribution in [2.24, 2.45) is 5.92 Å². The minimum absolute atomic E-state index is 0.0933. The van der Waals surface area contributed by atoms with Crippen LogP contribution >= 0.6 is 0 Å². The molecule has 1 aliphatic rings. The predicted molar refractivity (Wildman–Crippen MR) is 118 cm³/mol. The third-order valence-corrected chi connectivity index (χ3v) is 5.61. The van der Waals surface area contributed by atoms with Gasteiger partial charge in [0.25, 0.3) is 5.91 Å². The lowest BCUT2D eigenvalue weighted by molar-refractivity contribution is 0.0177. The lowest BCUT2D eigenvalue weighted by atomic mass is 9.97. The molecular weight excluding hydrogens is 348 g/mol. The summed E-state index contributed by atoms with van der Waals surface area (Å²) in [5, 5.41) is 3.37. The topological polar surface area (TPSA) is 48.5 Å². The summed E-state index contributed by atoms with van der Waals surface area (Å²) in [5.74, 6) is 1.43. The number of anilines is 1. The Hall–Kier alpha value is -1.62. The van der Waals surface area contributed by atoms with Gasteiger partial charge in [-0.25, -0.2) is 4.98 Å². The van der Waals surface area contributed by atoms with Gasteiger partial charge in [-0.1, -0.05) is 40.0 Å². The molecule has 158 valence electrons. The average molecular weight is 389 g/mol. The zero-order valence-corrected chi connectivity index (χ0v) is 18.6. The summed E-state index contributed by atoms with van der Waals surface area (Å²) >= 11 is 0. The van der Waals surface area contributed by atoms with Crippen LogP contribution in [0.5, 0.6) is 0 Å². The van der Waals surface area contributed by atoms with Crippen LogP contribution in [0.1, 0.15) is 77.1 Å². The first kappa shape index (κ1) is 22.7. The number of nitrogens with zero attached hydrogens (tertiary/aromatic N) is 3. The van der Waals surface area contributed by atoms with Gasteiger partial charge >= 0.3 is 0 Å². The van der Waals surface area contributed by atoms with Crippen LogP contribution < -0.4 is 5.32 Å². The van der Waals surface area contributed by atoms with Crippen molar-refractivity contribution in [3.63, 3.8) is 0 Å². The van der Waals surface area contributed by atoms with Crippen LogP contribution in [0, 0.1) is 5.92 Å². The number of unbranched alkanes of at least 4 members (excludes halogenated alkanes) is 3. The Bertz CT molecular complexity index is 614. The highest BCUT2D eigenvalue weighted by molar-refractivity contribution is 5.99. The number of hydrogen-bond donors (Lipinski definition) is 1. The summed E-state index contributed by atoms with van der Waals surface area (Å²) in [6.07, 6.45) is 7.96. The molecular formula is C23H40N4O. The maximum Gasteiger partial charge on any atom is 0.258 e. The van der Waals surface area contributed by atoms with Crippen LogP contribution in [0.3, 0.4) is 0 Å². The number of amides is 1. The van der Waals surface area contributed by atoms with E-state index in [1.165, 1.54) is 25.7 Å². The van der Waals surface area contributed by atoms with E-state index < -0.39 is 0 Å². The van der Waals surface area contributed by atoms with E-state index in [1.807, 2.05) is 17.0 Å². The van der Waals surface area contributed by atoms with E-state index in [4.69, 9.17) is 0 Å². The number of pyridine rings is 1. The first-order valence-corrected chi connectivity index (χ1v) is 11.1. The van der Waals surface area contributed by atoms with Crippen molar-refractivity contribution < 1.29 is 4.79 Å². The van der Waals surface area contributed by atoms with Crippen molar-refractivity contribution in [1.29, 1.82) is 0 Å². The molecule has 5 heteroatoms.